The predicted octanol–water partition coefficient (Wildman–Crippen LogP) is 16.8. The minimum absolute atomic E-state index is 0.0283. The van der Waals surface area contributed by atoms with Crippen LogP contribution in [0.4, 0.5) is 11.4 Å². The Morgan fingerprint density at radius 3 is 1.93 bits per heavy atom. The van der Waals surface area contributed by atoms with Gasteiger partial charge in [0.1, 0.15) is 11.3 Å². The Hall–Kier alpha value is -7.04. The molecule has 3 nitrogen and oxygen atoms in total. The summed E-state index contributed by atoms with van der Waals surface area (Å²) in [5.41, 5.74) is 27.6. The Labute approximate surface area is 425 Å². The van der Waals surface area contributed by atoms with Crippen molar-refractivity contribution in [3.05, 3.63) is 185 Å². The molecule has 0 unspecified atom stereocenters. The minimum atomic E-state index is -0.305. The normalized spacial score (nSPS) is 17.0. The van der Waals surface area contributed by atoms with Gasteiger partial charge in [-0.1, -0.05) is 179 Å². The van der Waals surface area contributed by atoms with E-state index in [0.717, 1.165) is 52.2 Å². The van der Waals surface area contributed by atoms with Crippen LogP contribution in [-0.4, -0.2) is 11.8 Å². The van der Waals surface area contributed by atoms with Crippen molar-refractivity contribution in [3.63, 3.8) is 0 Å². The summed E-state index contributed by atoms with van der Waals surface area (Å²) in [6.45, 7) is 26.5. The highest BCUT2D eigenvalue weighted by atomic mass is 16.3. The smallest absolute Gasteiger partial charge is 0.197 e. The molecule has 0 amide bonds. The number of fused-ring (bicyclic) bond motifs is 14. The summed E-state index contributed by atoms with van der Waals surface area (Å²) in [4.78, 5) is 0. The summed E-state index contributed by atoms with van der Waals surface area (Å²) in [6.07, 6.45) is 2.31. The van der Waals surface area contributed by atoms with Crippen molar-refractivity contribution in [1.82, 2.24) is 4.57 Å². The first-order chi connectivity index (χ1) is 34.3. The molecule has 4 heteroatoms. The van der Waals surface area contributed by atoms with Gasteiger partial charge >= 0.3 is 0 Å². The summed E-state index contributed by atoms with van der Waals surface area (Å²) in [5, 5.41) is 7.93. The Kier molecular flexibility index (Phi) is 8.71. The molecule has 3 aliphatic carbocycles. The second kappa shape index (κ2) is 14.3. The quantitative estimate of drug-likeness (QED) is 0.178. The topological polar surface area (TPSA) is 30.1 Å². The zero-order valence-electron chi connectivity index (χ0n) is 43.7. The molecule has 0 saturated carbocycles. The molecule has 72 heavy (non-hydrogen) atoms. The number of benzene rings is 8. The monoisotopic (exact) mass is 933 g/mol. The van der Waals surface area contributed by atoms with Crippen LogP contribution in [0.1, 0.15) is 128 Å². The van der Waals surface area contributed by atoms with Crippen LogP contribution < -0.4 is 16.2 Å². The van der Waals surface area contributed by atoms with Crippen LogP contribution >= 0.6 is 0 Å². The highest BCUT2D eigenvalue weighted by molar-refractivity contribution is 6.74. The summed E-state index contributed by atoms with van der Waals surface area (Å²) in [7, 11) is 2.54. The van der Waals surface area contributed by atoms with E-state index in [1.165, 1.54) is 105 Å². The number of rotatable bonds is 4. The van der Waals surface area contributed by atoms with Crippen molar-refractivity contribution in [2.75, 3.05) is 5.32 Å². The number of hydrogen-bond acceptors (Lipinski definition) is 2. The zero-order valence-corrected chi connectivity index (χ0v) is 43.7. The van der Waals surface area contributed by atoms with Crippen molar-refractivity contribution in [3.8, 4) is 50.4 Å². The Bertz CT molecular complexity index is 4000. The summed E-state index contributed by atoms with van der Waals surface area (Å²) < 4.78 is 9.49. The lowest BCUT2D eigenvalue weighted by Gasteiger charge is -2.42. The maximum atomic E-state index is 6.84. The second-order valence-corrected chi connectivity index (χ2v) is 25.1. The summed E-state index contributed by atoms with van der Waals surface area (Å²) in [6, 6.07) is 55.3. The van der Waals surface area contributed by atoms with E-state index in [-0.39, 0.29) is 27.1 Å². The molecule has 353 valence electrons. The van der Waals surface area contributed by atoms with Crippen molar-refractivity contribution in [1.29, 1.82) is 0 Å². The van der Waals surface area contributed by atoms with Crippen molar-refractivity contribution >= 4 is 62.4 Å². The lowest BCUT2D eigenvalue weighted by Crippen LogP contribution is -2.38. The molecule has 4 aliphatic rings. The van der Waals surface area contributed by atoms with Gasteiger partial charge in [0.2, 0.25) is 0 Å². The van der Waals surface area contributed by atoms with E-state index in [1.807, 2.05) is 0 Å². The zero-order chi connectivity index (χ0) is 49.6. The van der Waals surface area contributed by atoms with Crippen molar-refractivity contribution in [2.45, 2.75) is 116 Å². The molecule has 1 N–H and O–H groups in total. The van der Waals surface area contributed by atoms with Crippen LogP contribution in [0.5, 0.6) is 0 Å². The number of anilines is 2. The third-order valence-corrected chi connectivity index (χ3v) is 18.0. The molecular weight excluding hydrogens is 872 g/mol. The Morgan fingerprint density at radius 1 is 0.569 bits per heavy atom. The highest BCUT2D eigenvalue weighted by Crippen LogP contribution is 2.60. The number of furan rings is 1. The van der Waals surface area contributed by atoms with Gasteiger partial charge in [0, 0.05) is 66.8 Å². The fraction of sp³-hybridized carbons (Fsp3) is 0.265. The number of nitrogens with one attached hydrogen (secondary N) is 1. The van der Waals surface area contributed by atoms with Gasteiger partial charge in [0.15, 0.2) is 7.28 Å². The van der Waals surface area contributed by atoms with E-state index in [9.17, 15) is 0 Å². The standard InChI is InChI=1S/C68H62BN2O/c1-64(2,3)40-25-27-41(28-26-40)70-53-35-49-44(42-21-15-17-23-47(42)67(49,8)9)33-45(53)59-58-43-22-16-18-24-48(43)68(10,11)61(58)60-46-34-50-51(66(6,7)30-29-65(50,4)5)36-54(46)71-55-37-57-39(31-52(55)69-62(59)63(60)71)32-56(72-57)38-19-13-12-14-20-38/h12-28,31-37,70H,29-30H2,1-11H3. The van der Waals surface area contributed by atoms with Crippen LogP contribution in [0.25, 0.3) is 83.2 Å². The van der Waals surface area contributed by atoms with E-state index in [1.54, 1.807) is 0 Å². The van der Waals surface area contributed by atoms with Crippen LogP contribution in [0.3, 0.4) is 0 Å². The molecule has 1 radical (unpaired) electrons. The fourth-order valence-corrected chi connectivity index (χ4v) is 13.9. The van der Waals surface area contributed by atoms with Crippen LogP contribution in [0.2, 0.25) is 0 Å². The number of hydrogen-bond donors (Lipinski definition) is 1. The van der Waals surface area contributed by atoms with Crippen molar-refractivity contribution < 1.29 is 4.42 Å². The maximum Gasteiger partial charge on any atom is 0.197 e. The maximum absolute atomic E-state index is 6.84. The fourth-order valence-electron chi connectivity index (χ4n) is 13.9. The van der Waals surface area contributed by atoms with Crippen LogP contribution in [-0.2, 0) is 27.1 Å². The number of aromatic nitrogens is 1. The average molecular weight is 934 g/mol. The lowest BCUT2D eigenvalue weighted by molar-refractivity contribution is 0.332. The summed E-state index contributed by atoms with van der Waals surface area (Å²) >= 11 is 0. The molecule has 0 atom stereocenters. The van der Waals surface area contributed by atoms with E-state index in [2.05, 4.69) is 239 Å². The van der Waals surface area contributed by atoms with Gasteiger partial charge in [0.25, 0.3) is 0 Å². The third-order valence-electron chi connectivity index (χ3n) is 18.0. The lowest BCUT2D eigenvalue weighted by atomic mass is 9.57. The molecule has 10 aromatic rings. The highest BCUT2D eigenvalue weighted by Gasteiger charge is 2.45. The first-order valence-corrected chi connectivity index (χ1v) is 26.3. The molecular formula is C68H62BN2O. The SMILES string of the molecule is CC(C)(C)c1ccc(Nc2cc3c(cc2-c2c4c(c5c6cc7c(cc6n6c5c2[B]c2cc5cc(-c8ccccc8)oc5cc2-6)C(C)(C)CCC7(C)C)C(C)(C)c2ccccc2-4)-c2ccccc2C3(C)C)cc1. The Morgan fingerprint density at radius 2 is 1.22 bits per heavy atom. The average Bonchev–Trinajstić information content (AvgIpc) is 4.05. The van der Waals surface area contributed by atoms with Crippen LogP contribution in [0, 0.1) is 0 Å². The molecule has 0 saturated heterocycles. The molecule has 3 heterocycles. The minimum Gasteiger partial charge on any atom is -0.456 e. The summed E-state index contributed by atoms with van der Waals surface area (Å²) in [5.74, 6) is 0.886. The van der Waals surface area contributed by atoms with E-state index < -0.39 is 0 Å². The van der Waals surface area contributed by atoms with Crippen molar-refractivity contribution in [2.24, 2.45) is 0 Å². The molecule has 8 aromatic carbocycles. The van der Waals surface area contributed by atoms with Gasteiger partial charge in [0.05, 0.1) is 5.52 Å². The van der Waals surface area contributed by atoms with Gasteiger partial charge in [-0.25, -0.2) is 0 Å². The van der Waals surface area contributed by atoms with Crippen LogP contribution in [0.15, 0.2) is 150 Å². The third kappa shape index (κ3) is 5.93. The van der Waals surface area contributed by atoms with Gasteiger partial charge in [-0.15, -0.1) is 0 Å². The largest absolute Gasteiger partial charge is 0.456 e. The number of nitrogens with zero attached hydrogens (tertiary/aromatic N) is 1. The van der Waals surface area contributed by atoms with Gasteiger partial charge < -0.3 is 14.3 Å². The predicted molar refractivity (Wildman–Crippen MR) is 305 cm³/mol. The van der Waals surface area contributed by atoms with Gasteiger partial charge in [-0.3, -0.25) is 0 Å². The van der Waals surface area contributed by atoms with E-state index in [4.69, 9.17) is 4.42 Å². The van der Waals surface area contributed by atoms with E-state index in [0.29, 0.717) is 0 Å². The molecule has 14 rings (SSSR count). The molecule has 0 fully saturated rings. The van der Waals surface area contributed by atoms with Gasteiger partial charge in [-0.2, -0.15) is 0 Å². The molecule has 0 spiro atoms. The first kappa shape index (κ1) is 43.7. The van der Waals surface area contributed by atoms with E-state index >= 15 is 0 Å². The molecule has 1 aliphatic heterocycles. The first-order valence-electron chi connectivity index (χ1n) is 26.3. The Balaban J connectivity index is 1.15. The second-order valence-electron chi connectivity index (χ2n) is 25.1. The molecule has 2 aromatic heterocycles. The molecule has 0 bridgehead atoms. The van der Waals surface area contributed by atoms with Gasteiger partial charge in [-0.05, 0) is 144 Å².